The normalized spacial score (nSPS) is 16.8. The zero-order valence-corrected chi connectivity index (χ0v) is 10.8. The van der Waals surface area contributed by atoms with E-state index in [1.54, 1.807) is 0 Å². The molecule has 2 rings (SSSR count). The Morgan fingerprint density at radius 2 is 2.05 bits per heavy atom. The summed E-state index contributed by atoms with van der Waals surface area (Å²) >= 11 is 0. The van der Waals surface area contributed by atoms with Gasteiger partial charge in [-0.25, -0.2) is 13.6 Å². The standard InChI is InChI=1S/C14H17F2NO2/c1-2-14(6-3-7-14)8-17-10-5-4-9(13(18)19)11(15)12(10)16/h4-5,17H,2-3,6-8H2,1H3,(H,18,19). The molecule has 0 aromatic heterocycles. The minimum Gasteiger partial charge on any atom is -0.478 e. The molecule has 0 atom stereocenters. The summed E-state index contributed by atoms with van der Waals surface area (Å²) in [6, 6.07) is 2.37. The molecular weight excluding hydrogens is 252 g/mol. The molecule has 1 aliphatic rings. The lowest BCUT2D eigenvalue weighted by Crippen LogP contribution is -2.36. The average molecular weight is 269 g/mol. The van der Waals surface area contributed by atoms with E-state index in [-0.39, 0.29) is 11.1 Å². The summed E-state index contributed by atoms with van der Waals surface area (Å²) in [5, 5.41) is 11.6. The highest BCUT2D eigenvalue weighted by molar-refractivity contribution is 5.88. The predicted octanol–water partition coefficient (Wildman–Crippen LogP) is 3.66. The fourth-order valence-corrected chi connectivity index (χ4v) is 2.47. The lowest BCUT2D eigenvalue weighted by atomic mass is 9.67. The van der Waals surface area contributed by atoms with E-state index in [9.17, 15) is 13.6 Å². The summed E-state index contributed by atoms with van der Waals surface area (Å²) in [6.45, 7) is 2.68. The minimum absolute atomic E-state index is 0.0298. The van der Waals surface area contributed by atoms with Gasteiger partial charge >= 0.3 is 5.97 Å². The Bertz CT molecular complexity index is 493. The zero-order valence-electron chi connectivity index (χ0n) is 10.8. The molecule has 0 bridgehead atoms. The van der Waals surface area contributed by atoms with Crippen LogP contribution in [0.4, 0.5) is 14.5 Å². The molecule has 0 spiro atoms. The van der Waals surface area contributed by atoms with Gasteiger partial charge in [0.05, 0.1) is 11.3 Å². The van der Waals surface area contributed by atoms with Crippen LogP contribution in [0.1, 0.15) is 43.0 Å². The number of carboxylic acids is 1. The van der Waals surface area contributed by atoms with E-state index in [1.807, 2.05) is 0 Å². The molecule has 3 nitrogen and oxygen atoms in total. The molecule has 104 valence electrons. The minimum atomic E-state index is -1.47. The summed E-state index contributed by atoms with van der Waals surface area (Å²) < 4.78 is 27.2. The number of nitrogens with one attached hydrogen (secondary N) is 1. The number of carbonyl (C=O) groups is 1. The number of halogens is 2. The second-order valence-electron chi connectivity index (χ2n) is 5.15. The van der Waals surface area contributed by atoms with Crippen LogP contribution in [0.25, 0.3) is 0 Å². The molecule has 0 unspecified atom stereocenters. The quantitative estimate of drug-likeness (QED) is 0.857. The van der Waals surface area contributed by atoms with Crippen molar-refractivity contribution in [2.75, 3.05) is 11.9 Å². The van der Waals surface area contributed by atoms with Crippen LogP contribution in [-0.4, -0.2) is 17.6 Å². The maximum Gasteiger partial charge on any atom is 0.338 e. The van der Waals surface area contributed by atoms with E-state index >= 15 is 0 Å². The molecule has 0 heterocycles. The molecule has 19 heavy (non-hydrogen) atoms. The van der Waals surface area contributed by atoms with E-state index in [4.69, 9.17) is 5.11 Å². The van der Waals surface area contributed by atoms with Crippen LogP contribution in [0.5, 0.6) is 0 Å². The van der Waals surface area contributed by atoms with Crippen LogP contribution in [0.15, 0.2) is 12.1 Å². The Morgan fingerprint density at radius 3 is 2.53 bits per heavy atom. The van der Waals surface area contributed by atoms with Gasteiger partial charge in [-0.1, -0.05) is 13.3 Å². The molecule has 1 saturated carbocycles. The molecule has 1 aromatic rings. The predicted molar refractivity (Wildman–Crippen MR) is 68.4 cm³/mol. The number of hydrogen-bond acceptors (Lipinski definition) is 2. The molecule has 0 saturated heterocycles. The molecule has 0 aliphatic heterocycles. The first-order valence-electron chi connectivity index (χ1n) is 6.44. The molecule has 1 aromatic carbocycles. The van der Waals surface area contributed by atoms with Crippen LogP contribution < -0.4 is 5.32 Å². The van der Waals surface area contributed by atoms with E-state index < -0.39 is 23.2 Å². The Labute approximate surface area is 110 Å². The van der Waals surface area contributed by atoms with Gasteiger partial charge in [-0.2, -0.15) is 0 Å². The maximum atomic E-state index is 13.7. The first-order chi connectivity index (χ1) is 8.99. The number of hydrogen-bond donors (Lipinski definition) is 2. The van der Waals surface area contributed by atoms with Crippen LogP contribution in [0.2, 0.25) is 0 Å². The van der Waals surface area contributed by atoms with Crippen molar-refractivity contribution in [3.8, 4) is 0 Å². The second-order valence-corrected chi connectivity index (χ2v) is 5.15. The van der Waals surface area contributed by atoms with Crippen molar-refractivity contribution in [1.82, 2.24) is 0 Å². The Morgan fingerprint density at radius 1 is 1.37 bits per heavy atom. The van der Waals surface area contributed by atoms with Gasteiger partial charge in [-0.05, 0) is 36.8 Å². The first kappa shape index (κ1) is 13.8. The monoisotopic (exact) mass is 269 g/mol. The van der Waals surface area contributed by atoms with Crippen molar-refractivity contribution < 1.29 is 18.7 Å². The fourth-order valence-electron chi connectivity index (χ4n) is 2.47. The molecule has 5 heteroatoms. The van der Waals surface area contributed by atoms with Gasteiger partial charge in [-0.3, -0.25) is 0 Å². The molecular formula is C14H17F2NO2. The van der Waals surface area contributed by atoms with Crippen LogP contribution in [-0.2, 0) is 0 Å². The number of anilines is 1. The summed E-state index contributed by atoms with van der Waals surface area (Å²) in [7, 11) is 0. The van der Waals surface area contributed by atoms with Crippen molar-refractivity contribution in [3.05, 3.63) is 29.3 Å². The topological polar surface area (TPSA) is 49.3 Å². The summed E-state index contributed by atoms with van der Waals surface area (Å²) in [5.74, 6) is -3.89. The molecule has 0 amide bonds. The Balaban J connectivity index is 2.13. The van der Waals surface area contributed by atoms with Crippen molar-refractivity contribution in [2.45, 2.75) is 32.6 Å². The van der Waals surface area contributed by atoms with Gasteiger partial charge in [0.15, 0.2) is 11.6 Å². The van der Waals surface area contributed by atoms with Crippen molar-refractivity contribution in [1.29, 1.82) is 0 Å². The molecule has 1 fully saturated rings. The largest absolute Gasteiger partial charge is 0.478 e. The fraction of sp³-hybridized carbons (Fsp3) is 0.500. The SMILES string of the molecule is CCC1(CNc2ccc(C(=O)O)c(F)c2F)CCC1. The molecule has 2 N–H and O–H groups in total. The van der Waals surface area contributed by atoms with Crippen LogP contribution in [0, 0.1) is 17.0 Å². The zero-order chi connectivity index (χ0) is 14.0. The second kappa shape index (κ2) is 5.15. The van der Waals surface area contributed by atoms with Gasteiger partial charge in [0.25, 0.3) is 0 Å². The highest BCUT2D eigenvalue weighted by Crippen LogP contribution is 2.43. The highest BCUT2D eigenvalue weighted by Gasteiger charge is 2.35. The van der Waals surface area contributed by atoms with Gasteiger partial charge in [0.2, 0.25) is 0 Å². The third kappa shape index (κ3) is 2.55. The van der Waals surface area contributed by atoms with Crippen molar-refractivity contribution in [3.63, 3.8) is 0 Å². The number of rotatable bonds is 5. The van der Waals surface area contributed by atoms with Gasteiger partial charge in [0.1, 0.15) is 0 Å². The molecule has 0 radical (unpaired) electrons. The summed E-state index contributed by atoms with van der Waals surface area (Å²) in [4.78, 5) is 10.7. The third-order valence-electron chi connectivity index (χ3n) is 4.13. The van der Waals surface area contributed by atoms with Crippen molar-refractivity contribution in [2.24, 2.45) is 5.41 Å². The lowest BCUT2D eigenvalue weighted by molar-refractivity contribution is 0.0690. The van der Waals surface area contributed by atoms with Gasteiger partial charge < -0.3 is 10.4 Å². The first-order valence-corrected chi connectivity index (χ1v) is 6.44. The van der Waals surface area contributed by atoms with Crippen LogP contribution in [0.3, 0.4) is 0 Å². The van der Waals surface area contributed by atoms with Gasteiger partial charge in [0, 0.05) is 6.54 Å². The Kier molecular flexibility index (Phi) is 3.73. The van der Waals surface area contributed by atoms with E-state index in [1.165, 1.54) is 12.5 Å². The average Bonchev–Trinajstić information content (AvgIpc) is 2.33. The summed E-state index contributed by atoms with van der Waals surface area (Å²) in [6.07, 6.45) is 4.35. The summed E-state index contributed by atoms with van der Waals surface area (Å²) in [5.41, 5.74) is -0.437. The lowest BCUT2D eigenvalue weighted by Gasteiger charge is -2.41. The number of carboxylic acid groups (broad SMARTS) is 1. The number of aromatic carboxylic acids is 1. The highest BCUT2D eigenvalue weighted by atomic mass is 19.2. The van der Waals surface area contributed by atoms with Crippen LogP contribution >= 0.6 is 0 Å². The maximum absolute atomic E-state index is 13.7. The van der Waals surface area contributed by atoms with E-state index in [0.29, 0.717) is 6.54 Å². The van der Waals surface area contributed by atoms with E-state index in [2.05, 4.69) is 12.2 Å². The number of benzene rings is 1. The Hall–Kier alpha value is -1.65. The van der Waals surface area contributed by atoms with E-state index in [0.717, 1.165) is 25.3 Å². The van der Waals surface area contributed by atoms with Crippen molar-refractivity contribution >= 4 is 11.7 Å². The van der Waals surface area contributed by atoms with Gasteiger partial charge in [-0.15, -0.1) is 0 Å². The molecule has 1 aliphatic carbocycles. The third-order valence-corrected chi connectivity index (χ3v) is 4.13. The smallest absolute Gasteiger partial charge is 0.338 e.